The van der Waals surface area contributed by atoms with E-state index in [4.69, 9.17) is 51.1 Å². The number of H-pyrrole nitrogens is 1. The van der Waals surface area contributed by atoms with Crippen LogP contribution in [0.15, 0.2) is 42.6 Å². The number of ether oxygens (including phenoxy) is 1. The molecule has 33 heavy (non-hydrogen) atoms. The predicted molar refractivity (Wildman–Crippen MR) is 117 cm³/mol. The molecule has 5 nitrogen and oxygen atoms in total. The fourth-order valence-electron chi connectivity index (χ4n) is 2.77. The van der Waals surface area contributed by atoms with Gasteiger partial charge in [0.2, 0.25) is 5.88 Å². The summed E-state index contributed by atoms with van der Waals surface area (Å²) in [4.78, 5) is 7.81. The zero-order chi connectivity index (χ0) is 23.9. The minimum Gasteiger partial charge on any atom is -0.434 e. The van der Waals surface area contributed by atoms with Gasteiger partial charge in [-0.1, -0.05) is 52.5 Å². The van der Waals surface area contributed by atoms with Crippen molar-refractivity contribution in [2.45, 2.75) is 6.18 Å². The maximum atomic E-state index is 14.1. The summed E-state index contributed by atoms with van der Waals surface area (Å²) in [7, 11) is 0. The highest BCUT2D eigenvalue weighted by Crippen LogP contribution is 2.42. The molecule has 0 unspecified atom stereocenters. The van der Waals surface area contributed by atoms with E-state index in [1.807, 2.05) is 0 Å². The third-order valence-corrected chi connectivity index (χ3v) is 5.42. The van der Waals surface area contributed by atoms with Gasteiger partial charge in [0.05, 0.1) is 26.2 Å². The van der Waals surface area contributed by atoms with E-state index < -0.39 is 17.6 Å². The fourth-order valence-corrected chi connectivity index (χ4v) is 3.79. The van der Waals surface area contributed by atoms with E-state index in [-0.39, 0.29) is 48.9 Å². The number of halogens is 8. The number of nitrogens with one attached hydrogen (secondary N) is 1. The van der Waals surface area contributed by atoms with E-state index in [0.29, 0.717) is 17.8 Å². The van der Waals surface area contributed by atoms with Crippen molar-refractivity contribution >= 4 is 46.4 Å². The third kappa shape index (κ3) is 4.86. The predicted octanol–water partition coefficient (Wildman–Crippen LogP) is 8.10. The Balaban J connectivity index is 1.65. The van der Waals surface area contributed by atoms with Gasteiger partial charge in [-0.15, -0.1) is 0 Å². The molecule has 1 N–H and O–H groups in total. The minimum absolute atomic E-state index is 0.0226. The Morgan fingerprint density at radius 1 is 0.909 bits per heavy atom. The lowest BCUT2D eigenvalue weighted by Gasteiger charge is -2.12. The van der Waals surface area contributed by atoms with Gasteiger partial charge in [-0.3, -0.25) is 5.10 Å². The van der Waals surface area contributed by atoms with Crippen molar-refractivity contribution in [3.63, 3.8) is 0 Å². The molecule has 0 bridgehead atoms. The highest BCUT2D eigenvalue weighted by Gasteiger charge is 2.32. The average molecular weight is 538 g/mol. The van der Waals surface area contributed by atoms with Gasteiger partial charge in [-0.2, -0.15) is 18.3 Å². The number of aromatic nitrogens is 4. The fraction of sp³-hybridized carbons (Fsp3) is 0.0500. The molecular weight excluding hydrogens is 530 g/mol. The molecule has 2 heterocycles. The third-order valence-electron chi connectivity index (χ3n) is 4.27. The second-order valence-corrected chi connectivity index (χ2v) is 8.11. The smallest absolute Gasteiger partial charge is 0.417 e. The molecule has 0 fully saturated rings. The Morgan fingerprint density at radius 2 is 1.61 bits per heavy atom. The molecule has 4 aromatic rings. The second-order valence-electron chi connectivity index (χ2n) is 6.48. The number of pyridine rings is 1. The van der Waals surface area contributed by atoms with Crippen LogP contribution in [0.3, 0.4) is 0 Å². The second kappa shape index (κ2) is 8.98. The van der Waals surface area contributed by atoms with Gasteiger partial charge >= 0.3 is 6.18 Å². The quantitative estimate of drug-likeness (QED) is 0.267. The van der Waals surface area contributed by atoms with Crippen LogP contribution in [0.4, 0.5) is 17.6 Å². The summed E-state index contributed by atoms with van der Waals surface area (Å²) in [5, 5.41) is 6.33. The highest BCUT2D eigenvalue weighted by molar-refractivity contribution is 6.37. The summed E-state index contributed by atoms with van der Waals surface area (Å²) in [6.07, 6.45) is -4.05. The van der Waals surface area contributed by atoms with Crippen LogP contribution in [0.5, 0.6) is 11.6 Å². The molecule has 0 atom stereocenters. The number of hydrogen-bond acceptors (Lipinski definition) is 4. The molecule has 0 amide bonds. The van der Waals surface area contributed by atoms with Gasteiger partial charge in [0.1, 0.15) is 10.8 Å². The molecule has 0 aliphatic rings. The first-order valence-electron chi connectivity index (χ1n) is 8.81. The van der Waals surface area contributed by atoms with Crippen molar-refractivity contribution < 1.29 is 22.3 Å². The van der Waals surface area contributed by atoms with Crippen LogP contribution in [0, 0.1) is 5.82 Å². The summed E-state index contributed by atoms with van der Waals surface area (Å²) in [5.41, 5.74) is -0.653. The SMILES string of the molecule is Fc1cccc(Cl)c1-c1nc(-c2cc(Cl)c(Oc3ncc(C(F)(F)F)cc3Cl)c(Cl)c2)n[nH]1. The van der Waals surface area contributed by atoms with E-state index in [0.717, 1.165) is 0 Å². The highest BCUT2D eigenvalue weighted by atomic mass is 35.5. The Morgan fingerprint density at radius 3 is 2.21 bits per heavy atom. The van der Waals surface area contributed by atoms with Crippen LogP contribution in [-0.4, -0.2) is 20.2 Å². The standard InChI is InChI=1S/C20H8Cl4F4N4O/c21-10-2-1-3-14(25)15(10)18-30-17(31-32-18)8-4-11(22)16(12(23)5-8)33-19-13(24)6-9(7-29-19)20(26,27)28/h1-7H,(H,30,31,32). The van der Waals surface area contributed by atoms with E-state index in [2.05, 4.69) is 20.2 Å². The van der Waals surface area contributed by atoms with Crippen LogP contribution in [-0.2, 0) is 6.18 Å². The Bertz CT molecular complexity index is 1320. The first-order valence-corrected chi connectivity index (χ1v) is 10.3. The number of benzene rings is 2. The van der Waals surface area contributed by atoms with Crippen LogP contribution < -0.4 is 4.74 Å². The minimum atomic E-state index is -4.62. The summed E-state index contributed by atoms with van der Waals surface area (Å²) in [5.74, 6) is -0.794. The van der Waals surface area contributed by atoms with Crippen LogP contribution in [0.1, 0.15) is 5.56 Å². The number of alkyl halides is 3. The van der Waals surface area contributed by atoms with Crippen molar-refractivity contribution in [3.05, 3.63) is 74.1 Å². The molecule has 2 aromatic heterocycles. The zero-order valence-corrected chi connectivity index (χ0v) is 18.8. The number of aromatic amines is 1. The molecule has 0 radical (unpaired) electrons. The van der Waals surface area contributed by atoms with E-state index in [1.165, 1.54) is 30.3 Å². The maximum Gasteiger partial charge on any atom is 0.417 e. The van der Waals surface area contributed by atoms with Gasteiger partial charge in [0.15, 0.2) is 17.4 Å². The number of nitrogens with zero attached hydrogens (tertiary/aromatic N) is 3. The largest absolute Gasteiger partial charge is 0.434 e. The summed E-state index contributed by atoms with van der Waals surface area (Å²) < 4.78 is 58.0. The van der Waals surface area contributed by atoms with Gasteiger partial charge in [0, 0.05) is 11.8 Å². The molecule has 4 rings (SSSR count). The summed E-state index contributed by atoms with van der Waals surface area (Å²) in [6, 6.07) is 7.65. The number of hydrogen-bond donors (Lipinski definition) is 1. The van der Waals surface area contributed by atoms with Crippen molar-refractivity contribution in [1.82, 2.24) is 20.2 Å². The first kappa shape index (κ1) is 23.6. The topological polar surface area (TPSA) is 63.7 Å². The zero-order valence-electron chi connectivity index (χ0n) is 15.8. The Kier molecular flexibility index (Phi) is 6.41. The number of rotatable bonds is 4. The summed E-state index contributed by atoms with van der Waals surface area (Å²) >= 11 is 24.4. The van der Waals surface area contributed by atoms with E-state index in [9.17, 15) is 17.6 Å². The molecular formula is C20H8Cl4F4N4O. The molecule has 0 saturated heterocycles. The van der Waals surface area contributed by atoms with E-state index in [1.54, 1.807) is 0 Å². The Labute approximate surface area is 203 Å². The molecule has 0 aliphatic carbocycles. The molecule has 2 aromatic carbocycles. The monoisotopic (exact) mass is 536 g/mol. The summed E-state index contributed by atoms with van der Waals surface area (Å²) in [6.45, 7) is 0. The van der Waals surface area contributed by atoms with Crippen LogP contribution in [0.2, 0.25) is 20.1 Å². The maximum absolute atomic E-state index is 14.1. The normalized spacial score (nSPS) is 11.6. The van der Waals surface area contributed by atoms with Crippen molar-refractivity contribution in [3.8, 4) is 34.4 Å². The average Bonchev–Trinajstić information content (AvgIpc) is 3.20. The molecule has 0 aliphatic heterocycles. The van der Waals surface area contributed by atoms with Crippen molar-refractivity contribution in [2.75, 3.05) is 0 Å². The van der Waals surface area contributed by atoms with Crippen molar-refractivity contribution in [1.29, 1.82) is 0 Å². The lowest BCUT2D eigenvalue weighted by molar-refractivity contribution is -0.137. The van der Waals surface area contributed by atoms with Crippen LogP contribution >= 0.6 is 46.4 Å². The van der Waals surface area contributed by atoms with Gasteiger partial charge < -0.3 is 4.74 Å². The van der Waals surface area contributed by atoms with Gasteiger partial charge in [-0.05, 0) is 30.3 Å². The molecule has 170 valence electrons. The van der Waals surface area contributed by atoms with Gasteiger partial charge in [-0.25, -0.2) is 14.4 Å². The van der Waals surface area contributed by atoms with E-state index >= 15 is 0 Å². The first-order chi connectivity index (χ1) is 15.5. The molecule has 13 heteroatoms. The lowest BCUT2D eigenvalue weighted by Crippen LogP contribution is -2.05. The van der Waals surface area contributed by atoms with Crippen LogP contribution in [0.25, 0.3) is 22.8 Å². The lowest BCUT2D eigenvalue weighted by atomic mass is 10.2. The van der Waals surface area contributed by atoms with Gasteiger partial charge in [0.25, 0.3) is 0 Å². The molecule has 0 spiro atoms. The van der Waals surface area contributed by atoms with Crippen molar-refractivity contribution in [2.24, 2.45) is 0 Å². The Hall–Kier alpha value is -2.59. The molecule has 0 saturated carbocycles.